The smallest absolute Gasteiger partial charge is 0.333 e. The van der Waals surface area contributed by atoms with E-state index in [9.17, 15) is 19.8 Å². The highest BCUT2D eigenvalue weighted by atomic mass is 16.4. The van der Waals surface area contributed by atoms with Gasteiger partial charge in [-0.1, -0.05) is 26.7 Å². The van der Waals surface area contributed by atoms with Gasteiger partial charge in [-0.15, -0.1) is 0 Å². The number of carboxylic acid groups (broad SMARTS) is 2. The quantitative estimate of drug-likeness (QED) is 0.712. The molecule has 0 spiro atoms. The Morgan fingerprint density at radius 2 is 1.42 bits per heavy atom. The molecule has 0 aromatic rings. The molecule has 0 saturated carbocycles. The lowest BCUT2D eigenvalue weighted by molar-refractivity contribution is -0.134. The first-order valence-electron chi connectivity index (χ1n) is 6.50. The van der Waals surface area contributed by atoms with Crippen LogP contribution in [0.1, 0.15) is 40.5 Å². The van der Waals surface area contributed by atoms with Crippen LogP contribution < -0.4 is 5.32 Å². The third-order valence-corrected chi connectivity index (χ3v) is 3.79. The summed E-state index contributed by atoms with van der Waals surface area (Å²) in [5, 5.41) is 21.7. The van der Waals surface area contributed by atoms with Crippen molar-refractivity contribution in [3.8, 4) is 0 Å². The second kappa shape index (κ2) is 5.91. The molecule has 5 heteroatoms. The standard InChI is InChI=1S/C14H21NO4/c1-5-9(6-2)12-10(13(16)17)7(3)15-8(4)11(12)14(18)19/h9,12,15H,5-6H2,1-4H3,(H,16,17)(H,18,19). The van der Waals surface area contributed by atoms with E-state index in [0.717, 1.165) is 12.8 Å². The van der Waals surface area contributed by atoms with Gasteiger partial charge in [0.05, 0.1) is 11.1 Å². The zero-order valence-electron chi connectivity index (χ0n) is 11.8. The summed E-state index contributed by atoms with van der Waals surface area (Å²) in [7, 11) is 0. The number of hydrogen-bond donors (Lipinski definition) is 3. The van der Waals surface area contributed by atoms with Crippen LogP contribution in [-0.4, -0.2) is 22.2 Å². The summed E-state index contributed by atoms with van der Waals surface area (Å²) in [5.74, 6) is -2.63. The monoisotopic (exact) mass is 267 g/mol. The molecule has 0 radical (unpaired) electrons. The molecule has 1 aliphatic rings. The van der Waals surface area contributed by atoms with E-state index in [4.69, 9.17) is 0 Å². The summed E-state index contributed by atoms with van der Waals surface area (Å²) < 4.78 is 0. The Kier molecular flexibility index (Phi) is 4.75. The maximum Gasteiger partial charge on any atom is 0.333 e. The topological polar surface area (TPSA) is 86.6 Å². The predicted octanol–water partition coefficient (Wildman–Crippen LogP) is 2.36. The van der Waals surface area contributed by atoms with Crippen molar-refractivity contribution in [1.82, 2.24) is 5.32 Å². The molecular formula is C14H21NO4. The molecule has 1 heterocycles. The van der Waals surface area contributed by atoms with Crippen molar-refractivity contribution in [1.29, 1.82) is 0 Å². The number of carbonyl (C=O) groups is 2. The second-order valence-corrected chi connectivity index (χ2v) is 4.87. The maximum atomic E-state index is 11.5. The number of carboxylic acids is 2. The molecule has 1 aliphatic heterocycles. The van der Waals surface area contributed by atoms with Crippen LogP contribution in [0.2, 0.25) is 0 Å². The van der Waals surface area contributed by atoms with Crippen molar-refractivity contribution >= 4 is 11.9 Å². The Hall–Kier alpha value is -1.78. The fourth-order valence-electron chi connectivity index (χ4n) is 2.85. The van der Waals surface area contributed by atoms with Crippen LogP contribution in [0.15, 0.2) is 22.5 Å². The molecule has 0 atom stereocenters. The minimum Gasteiger partial charge on any atom is -0.478 e. The first-order chi connectivity index (χ1) is 8.84. The molecule has 5 nitrogen and oxygen atoms in total. The van der Waals surface area contributed by atoms with Gasteiger partial charge in [-0.2, -0.15) is 0 Å². The number of nitrogens with one attached hydrogen (secondary N) is 1. The molecule has 0 bridgehead atoms. The maximum absolute atomic E-state index is 11.5. The molecule has 106 valence electrons. The summed E-state index contributed by atoms with van der Waals surface area (Å²) in [6.07, 6.45) is 1.49. The van der Waals surface area contributed by atoms with Crippen LogP contribution in [0.4, 0.5) is 0 Å². The molecule has 0 aromatic heterocycles. The minimum absolute atomic E-state index is 0.0178. The predicted molar refractivity (Wildman–Crippen MR) is 71.4 cm³/mol. The highest BCUT2D eigenvalue weighted by Gasteiger charge is 2.38. The van der Waals surface area contributed by atoms with Gasteiger partial charge >= 0.3 is 11.9 Å². The van der Waals surface area contributed by atoms with E-state index in [1.165, 1.54) is 0 Å². The average Bonchev–Trinajstić information content (AvgIpc) is 2.28. The lowest BCUT2D eigenvalue weighted by atomic mass is 9.74. The van der Waals surface area contributed by atoms with E-state index in [-0.39, 0.29) is 17.1 Å². The lowest BCUT2D eigenvalue weighted by Gasteiger charge is -2.33. The fourth-order valence-corrected chi connectivity index (χ4v) is 2.85. The van der Waals surface area contributed by atoms with Crippen molar-refractivity contribution in [3.05, 3.63) is 22.5 Å². The molecule has 3 N–H and O–H groups in total. The average molecular weight is 267 g/mol. The van der Waals surface area contributed by atoms with Crippen LogP contribution in [0.3, 0.4) is 0 Å². The van der Waals surface area contributed by atoms with Gasteiger partial charge in [-0.25, -0.2) is 9.59 Å². The van der Waals surface area contributed by atoms with E-state index in [1.54, 1.807) is 13.8 Å². The van der Waals surface area contributed by atoms with Crippen LogP contribution in [0, 0.1) is 11.8 Å². The van der Waals surface area contributed by atoms with E-state index in [1.807, 2.05) is 13.8 Å². The van der Waals surface area contributed by atoms with Gasteiger partial charge in [0, 0.05) is 17.3 Å². The Morgan fingerprint density at radius 3 is 1.68 bits per heavy atom. The van der Waals surface area contributed by atoms with E-state index in [2.05, 4.69) is 5.32 Å². The Bertz CT molecular complexity index is 422. The van der Waals surface area contributed by atoms with E-state index >= 15 is 0 Å². The van der Waals surface area contributed by atoms with Crippen LogP contribution in [0.25, 0.3) is 0 Å². The Balaban J connectivity index is 3.43. The van der Waals surface area contributed by atoms with Gasteiger partial charge in [-0.05, 0) is 19.8 Å². The Labute approximate surface area is 113 Å². The SMILES string of the molecule is CCC(CC)C1C(C(=O)O)=C(C)NC(C)=C1C(=O)O. The highest BCUT2D eigenvalue weighted by molar-refractivity contribution is 5.96. The first kappa shape index (κ1) is 15.3. The number of rotatable bonds is 5. The normalized spacial score (nSPS) is 16.9. The third-order valence-electron chi connectivity index (χ3n) is 3.79. The molecule has 0 saturated heterocycles. The molecule has 1 rings (SSSR count). The van der Waals surface area contributed by atoms with Crippen LogP contribution in [-0.2, 0) is 9.59 Å². The summed E-state index contributed by atoms with van der Waals surface area (Å²) >= 11 is 0. The summed E-state index contributed by atoms with van der Waals surface area (Å²) in [6.45, 7) is 7.28. The summed E-state index contributed by atoms with van der Waals surface area (Å²) in [6, 6.07) is 0. The van der Waals surface area contributed by atoms with Crippen molar-refractivity contribution < 1.29 is 19.8 Å². The number of hydrogen-bond acceptors (Lipinski definition) is 3. The first-order valence-corrected chi connectivity index (χ1v) is 6.50. The third kappa shape index (κ3) is 2.80. The molecular weight excluding hydrogens is 246 g/mol. The second-order valence-electron chi connectivity index (χ2n) is 4.87. The fraction of sp³-hybridized carbons (Fsp3) is 0.571. The van der Waals surface area contributed by atoms with E-state index < -0.39 is 17.9 Å². The molecule has 0 fully saturated rings. The minimum atomic E-state index is -1.05. The lowest BCUT2D eigenvalue weighted by Crippen LogP contribution is -2.35. The zero-order valence-corrected chi connectivity index (χ0v) is 11.8. The molecule has 19 heavy (non-hydrogen) atoms. The largest absolute Gasteiger partial charge is 0.478 e. The number of dihydropyridines is 1. The van der Waals surface area contributed by atoms with Gasteiger partial charge in [0.2, 0.25) is 0 Å². The number of allylic oxidation sites excluding steroid dienone is 2. The number of aliphatic carboxylic acids is 2. The van der Waals surface area contributed by atoms with Crippen molar-refractivity contribution in [3.63, 3.8) is 0 Å². The van der Waals surface area contributed by atoms with Crippen LogP contribution >= 0.6 is 0 Å². The summed E-state index contributed by atoms with van der Waals surface area (Å²) in [4.78, 5) is 22.9. The van der Waals surface area contributed by atoms with Gasteiger partial charge in [0.1, 0.15) is 0 Å². The summed E-state index contributed by atoms with van der Waals surface area (Å²) in [5.41, 5.74) is 1.42. The Morgan fingerprint density at radius 1 is 1.05 bits per heavy atom. The molecule has 0 unspecified atom stereocenters. The molecule has 0 aromatic carbocycles. The zero-order chi connectivity index (χ0) is 14.7. The highest BCUT2D eigenvalue weighted by Crippen LogP contribution is 2.38. The molecule has 0 aliphatic carbocycles. The van der Waals surface area contributed by atoms with Crippen molar-refractivity contribution in [2.24, 2.45) is 11.8 Å². The van der Waals surface area contributed by atoms with Crippen molar-refractivity contribution in [2.75, 3.05) is 0 Å². The van der Waals surface area contributed by atoms with Crippen molar-refractivity contribution in [2.45, 2.75) is 40.5 Å². The van der Waals surface area contributed by atoms with Crippen LogP contribution in [0.5, 0.6) is 0 Å². The van der Waals surface area contributed by atoms with Gasteiger partial charge in [-0.3, -0.25) is 0 Å². The van der Waals surface area contributed by atoms with Gasteiger partial charge in [0.25, 0.3) is 0 Å². The van der Waals surface area contributed by atoms with Gasteiger partial charge in [0.15, 0.2) is 0 Å². The van der Waals surface area contributed by atoms with E-state index in [0.29, 0.717) is 11.4 Å². The van der Waals surface area contributed by atoms with Gasteiger partial charge < -0.3 is 15.5 Å². The molecule has 0 amide bonds.